The van der Waals surface area contributed by atoms with Gasteiger partial charge in [-0.25, -0.2) is 0 Å². The number of aromatic hydroxyl groups is 1. The van der Waals surface area contributed by atoms with Gasteiger partial charge in [0.05, 0.1) is 17.8 Å². The van der Waals surface area contributed by atoms with E-state index in [9.17, 15) is 14.7 Å². The van der Waals surface area contributed by atoms with Gasteiger partial charge in [-0.2, -0.15) is 0 Å². The van der Waals surface area contributed by atoms with Crippen LogP contribution in [0.5, 0.6) is 5.75 Å². The number of Topliss-reactive ketones (excluding diaryl/α,β-unsaturated/α-hetero) is 2. The van der Waals surface area contributed by atoms with Crippen LogP contribution in [0.4, 0.5) is 0 Å². The average molecular weight is 258 g/mol. The third-order valence-corrected chi connectivity index (χ3v) is 3.69. The molecule has 0 unspecified atom stereocenters. The molecule has 2 atom stereocenters. The zero-order valence-electron chi connectivity index (χ0n) is 10.8. The van der Waals surface area contributed by atoms with Gasteiger partial charge in [0.25, 0.3) is 0 Å². The summed E-state index contributed by atoms with van der Waals surface area (Å²) in [5.74, 6) is -0.599. The van der Waals surface area contributed by atoms with Crippen LogP contribution in [0.2, 0.25) is 0 Å². The topological polar surface area (TPSA) is 63.6 Å². The van der Waals surface area contributed by atoms with Crippen molar-refractivity contribution in [1.29, 1.82) is 0 Å². The fraction of sp³-hybridized carbons (Fsp3) is 0.333. The first-order chi connectivity index (χ1) is 9.00. The third-order valence-electron chi connectivity index (χ3n) is 3.69. The molecule has 19 heavy (non-hydrogen) atoms. The number of ether oxygens (including phenoxy) is 1. The summed E-state index contributed by atoms with van der Waals surface area (Å²) in [6.45, 7) is 3.65. The van der Waals surface area contributed by atoms with Gasteiger partial charge in [0.2, 0.25) is 0 Å². The van der Waals surface area contributed by atoms with Crippen molar-refractivity contribution in [3.05, 3.63) is 40.5 Å². The minimum atomic E-state index is -0.414. The smallest absolute Gasteiger partial charge is 0.196 e. The van der Waals surface area contributed by atoms with Crippen LogP contribution < -0.4 is 0 Å². The van der Waals surface area contributed by atoms with Crippen LogP contribution in [0, 0.1) is 0 Å². The minimum Gasteiger partial charge on any atom is -0.507 e. The fourth-order valence-corrected chi connectivity index (χ4v) is 2.91. The highest BCUT2D eigenvalue weighted by atomic mass is 16.5. The average Bonchev–Trinajstić information content (AvgIpc) is 2.34. The Morgan fingerprint density at radius 2 is 1.95 bits per heavy atom. The van der Waals surface area contributed by atoms with Crippen molar-refractivity contribution in [2.75, 3.05) is 0 Å². The number of phenolic OH excluding ortho intramolecular Hbond substituents is 1. The summed E-state index contributed by atoms with van der Waals surface area (Å²) in [4.78, 5) is 24.9. The lowest BCUT2D eigenvalue weighted by atomic mass is 9.78. The first-order valence-electron chi connectivity index (χ1n) is 6.30. The van der Waals surface area contributed by atoms with Crippen LogP contribution in [0.1, 0.15) is 41.0 Å². The number of ketones is 2. The van der Waals surface area contributed by atoms with Gasteiger partial charge in [-0.15, -0.1) is 0 Å². The lowest BCUT2D eigenvalue weighted by molar-refractivity contribution is 0.0148. The van der Waals surface area contributed by atoms with E-state index in [1.807, 2.05) is 6.92 Å². The molecule has 0 amide bonds. The molecule has 98 valence electrons. The maximum atomic E-state index is 12.5. The van der Waals surface area contributed by atoms with Crippen LogP contribution in [-0.2, 0) is 4.74 Å². The molecule has 4 heteroatoms. The SMILES string of the molecule is C[C@@H]1CC2=C(C(=O)c3c(O)cccc3C2=O)[C@@H](C)O1. The van der Waals surface area contributed by atoms with E-state index >= 15 is 0 Å². The Morgan fingerprint density at radius 3 is 2.68 bits per heavy atom. The van der Waals surface area contributed by atoms with Crippen molar-refractivity contribution in [2.45, 2.75) is 32.5 Å². The highest BCUT2D eigenvalue weighted by Gasteiger charge is 2.39. The molecule has 0 bridgehead atoms. The van der Waals surface area contributed by atoms with Gasteiger partial charge in [0.15, 0.2) is 11.6 Å². The van der Waals surface area contributed by atoms with E-state index in [1.54, 1.807) is 19.1 Å². The summed E-state index contributed by atoms with van der Waals surface area (Å²) in [6, 6.07) is 4.59. The molecular weight excluding hydrogens is 244 g/mol. The number of hydrogen-bond acceptors (Lipinski definition) is 4. The van der Waals surface area contributed by atoms with E-state index in [0.29, 0.717) is 23.1 Å². The minimum absolute atomic E-state index is 0.0793. The molecule has 0 saturated carbocycles. The first kappa shape index (κ1) is 12.1. The second kappa shape index (κ2) is 4.03. The molecular formula is C15H14O4. The van der Waals surface area contributed by atoms with Crippen LogP contribution in [-0.4, -0.2) is 28.9 Å². The van der Waals surface area contributed by atoms with Gasteiger partial charge < -0.3 is 9.84 Å². The molecule has 4 nitrogen and oxygen atoms in total. The molecule has 1 N–H and O–H groups in total. The lowest BCUT2D eigenvalue weighted by Gasteiger charge is -2.32. The Kier molecular flexibility index (Phi) is 2.57. The Labute approximate surface area is 110 Å². The van der Waals surface area contributed by atoms with Crippen molar-refractivity contribution in [2.24, 2.45) is 0 Å². The molecule has 0 aromatic heterocycles. The van der Waals surface area contributed by atoms with E-state index in [-0.39, 0.29) is 29.0 Å². The van der Waals surface area contributed by atoms with Gasteiger partial charge in [-0.3, -0.25) is 9.59 Å². The second-order valence-corrected chi connectivity index (χ2v) is 5.04. The van der Waals surface area contributed by atoms with Gasteiger partial charge in [0, 0.05) is 23.1 Å². The summed E-state index contributed by atoms with van der Waals surface area (Å²) >= 11 is 0. The van der Waals surface area contributed by atoms with Gasteiger partial charge in [-0.1, -0.05) is 12.1 Å². The number of carbonyl (C=O) groups excluding carboxylic acids is 2. The van der Waals surface area contributed by atoms with Gasteiger partial charge >= 0.3 is 0 Å². The number of rotatable bonds is 0. The van der Waals surface area contributed by atoms with Crippen LogP contribution >= 0.6 is 0 Å². The number of phenols is 1. The number of carbonyl (C=O) groups is 2. The normalized spacial score (nSPS) is 26.2. The summed E-state index contributed by atoms with van der Waals surface area (Å²) in [7, 11) is 0. The largest absolute Gasteiger partial charge is 0.507 e. The van der Waals surface area contributed by atoms with Crippen LogP contribution in [0.3, 0.4) is 0 Å². The molecule has 1 aliphatic carbocycles. The van der Waals surface area contributed by atoms with E-state index in [2.05, 4.69) is 0 Å². The molecule has 0 fully saturated rings. The zero-order valence-corrected chi connectivity index (χ0v) is 10.8. The Bertz CT molecular complexity index is 627. The van der Waals surface area contributed by atoms with Crippen LogP contribution in [0.25, 0.3) is 0 Å². The summed E-state index contributed by atoms with van der Waals surface area (Å²) in [5.41, 5.74) is 1.34. The van der Waals surface area contributed by atoms with Gasteiger partial charge in [0.1, 0.15) is 5.75 Å². The predicted molar refractivity (Wildman–Crippen MR) is 68.4 cm³/mol. The molecule has 0 radical (unpaired) electrons. The zero-order chi connectivity index (χ0) is 13.7. The molecule has 1 aliphatic heterocycles. The number of fused-ring (bicyclic) bond motifs is 1. The van der Waals surface area contributed by atoms with Crippen molar-refractivity contribution < 1.29 is 19.4 Å². The molecule has 1 aromatic carbocycles. The Morgan fingerprint density at radius 1 is 1.21 bits per heavy atom. The van der Waals surface area contributed by atoms with Crippen molar-refractivity contribution in [1.82, 2.24) is 0 Å². The maximum Gasteiger partial charge on any atom is 0.196 e. The molecule has 3 rings (SSSR count). The molecule has 2 aliphatic rings. The fourth-order valence-electron chi connectivity index (χ4n) is 2.91. The summed E-state index contributed by atoms with van der Waals surface area (Å²) in [5, 5.41) is 9.84. The van der Waals surface area contributed by atoms with E-state index in [1.165, 1.54) is 6.07 Å². The monoisotopic (exact) mass is 258 g/mol. The quantitative estimate of drug-likeness (QED) is 0.775. The molecule has 1 aromatic rings. The molecule has 1 heterocycles. The van der Waals surface area contributed by atoms with Crippen LogP contribution in [0.15, 0.2) is 29.3 Å². The standard InChI is InChI=1S/C15H14O4/c1-7-6-10-12(8(2)19-7)15(18)13-9(14(10)17)4-3-5-11(13)16/h3-5,7-8,16H,6H2,1-2H3/t7-,8-/m1/s1. The highest BCUT2D eigenvalue weighted by molar-refractivity contribution is 6.28. The number of benzene rings is 1. The second-order valence-electron chi connectivity index (χ2n) is 5.04. The maximum absolute atomic E-state index is 12.5. The highest BCUT2D eigenvalue weighted by Crippen LogP contribution is 2.38. The lowest BCUT2D eigenvalue weighted by Crippen LogP contribution is -2.36. The van der Waals surface area contributed by atoms with E-state index in [4.69, 9.17) is 4.74 Å². The Balaban J connectivity index is 2.24. The molecule has 0 spiro atoms. The van der Waals surface area contributed by atoms with Crippen molar-refractivity contribution in [3.8, 4) is 5.75 Å². The summed E-state index contributed by atoms with van der Waals surface area (Å²) < 4.78 is 5.62. The van der Waals surface area contributed by atoms with Crippen molar-refractivity contribution >= 4 is 11.6 Å². The summed E-state index contributed by atoms with van der Waals surface area (Å²) in [6.07, 6.45) is -0.0494. The first-order valence-corrected chi connectivity index (χ1v) is 6.30. The number of hydrogen-bond donors (Lipinski definition) is 1. The predicted octanol–water partition coefficient (Wildman–Crippen LogP) is 2.27. The van der Waals surface area contributed by atoms with E-state index in [0.717, 1.165) is 0 Å². The van der Waals surface area contributed by atoms with Gasteiger partial charge in [-0.05, 0) is 19.9 Å². The third kappa shape index (κ3) is 1.64. The molecule has 0 saturated heterocycles. The Hall–Kier alpha value is -1.94. The van der Waals surface area contributed by atoms with E-state index < -0.39 is 6.10 Å². The van der Waals surface area contributed by atoms with Crippen molar-refractivity contribution in [3.63, 3.8) is 0 Å².